The summed E-state index contributed by atoms with van der Waals surface area (Å²) in [6.45, 7) is 0.682. The molecular formula is C7H12F6N2O. The van der Waals surface area contributed by atoms with Gasteiger partial charge in [-0.15, -0.1) is 0 Å². The molecule has 1 unspecified atom stereocenters. The van der Waals surface area contributed by atoms with E-state index in [2.05, 4.69) is 10.6 Å². The summed E-state index contributed by atoms with van der Waals surface area (Å²) in [5, 5.41) is 0. The van der Waals surface area contributed by atoms with Crippen LogP contribution in [0.25, 0.3) is 0 Å². The summed E-state index contributed by atoms with van der Waals surface area (Å²) < 4.78 is 77.8. The van der Waals surface area contributed by atoms with Crippen LogP contribution in [0.4, 0.5) is 26.3 Å². The van der Waals surface area contributed by atoms with E-state index >= 15 is 0 Å². The number of halogens is 6. The molecule has 0 aromatic carbocycles. The first-order valence-corrected chi connectivity index (χ1v) is 4.31. The van der Waals surface area contributed by atoms with Crippen molar-refractivity contribution in [1.29, 1.82) is 0 Å². The van der Waals surface area contributed by atoms with Crippen molar-refractivity contribution in [2.75, 3.05) is 13.2 Å². The molecule has 0 heterocycles. The molecule has 0 spiro atoms. The van der Waals surface area contributed by atoms with Crippen LogP contribution in [0.2, 0.25) is 0 Å². The average molecular weight is 254 g/mol. The zero-order chi connectivity index (χ0) is 13.0. The third kappa shape index (κ3) is 4.54. The van der Waals surface area contributed by atoms with Gasteiger partial charge in [-0.05, 0) is 6.92 Å². The number of hydrogen-bond donors (Lipinski definition) is 2. The van der Waals surface area contributed by atoms with Crippen LogP contribution in [-0.4, -0.2) is 31.6 Å². The Labute approximate surface area is 87.9 Å². The van der Waals surface area contributed by atoms with Crippen molar-refractivity contribution in [1.82, 2.24) is 5.43 Å². The molecule has 0 bridgehead atoms. The summed E-state index contributed by atoms with van der Waals surface area (Å²) in [5.74, 6) is 1.13. The molecule has 0 aromatic rings. The van der Waals surface area contributed by atoms with Crippen LogP contribution in [0.5, 0.6) is 0 Å². The van der Waals surface area contributed by atoms with E-state index < -0.39 is 30.9 Å². The van der Waals surface area contributed by atoms with Crippen molar-refractivity contribution in [3.05, 3.63) is 0 Å². The molecule has 3 nitrogen and oxygen atoms in total. The average Bonchev–Trinajstić information content (AvgIpc) is 2.07. The fourth-order valence-electron chi connectivity index (χ4n) is 1.13. The zero-order valence-electron chi connectivity index (χ0n) is 8.32. The lowest BCUT2D eigenvalue weighted by Crippen LogP contribution is -2.55. The van der Waals surface area contributed by atoms with E-state index in [1.165, 1.54) is 12.3 Å². The van der Waals surface area contributed by atoms with Crippen LogP contribution in [0.15, 0.2) is 0 Å². The maximum Gasteiger partial charge on any atom is 0.402 e. The Morgan fingerprint density at radius 3 is 1.81 bits per heavy atom. The van der Waals surface area contributed by atoms with Crippen LogP contribution in [-0.2, 0) is 4.74 Å². The predicted octanol–water partition coefficient (Wildman–Crippen LogP) is 1.60. The molecule has 3 N–H and O–H groups in total. The zero-order valence-corrected chi connectivity index (χ0v) is 8.32. The summed E-state index contributed by atoms with van der Waals surface area (Å²) in [7, 11) is 0. The van der Waals surface area contributed by atoms with Crippen LogP contribution in [0.3, 0.4) is 0 Å². The van der Waals surface area contributed by atoms with E-state index in [0.717, 1.165) is 0 Å². The van der Waals surface area contributed by atoms with Gasteiger partial charge < -0.3 is 4.74 Å². The molecule has 0 saturated heterocycles. The van der Waals surface area contributed by atoms with Gasteiger partial charge in [-0.3, -0.25) is 11.3 Å². The molecule has 0 fully saturated rings. The highest BCUT2D eigenvalue weighted by molar-refractivity contribution is 4.85. The van der Waals surface area contributed by atoms with E-state index in [0.29, 0.717) is 0 Å². The maximum atomic E-state index is 12.2. The molecule has 0 saturated carbocycles. The molecule has 9 heteroatoms. The molecule has 0 aliphatic rings. The fourth-order valence-corrected chi connectivity index (χ4v) is 1.13. The highest BCUT2D eigenvalue weighted by Gasteiger charge is 2.60. The van der Waals surface area contributed by atoms with Crippen LogP contribution in [0, 0.1) is 5.92 Å². The van der Waals surface area contributed by atoms with Gasteiger partial charge >= 0.3 is 12.4 Å². The second kappa shape index (κ2) is 5.69. The van der Waals surface area contributed by atoms with Gasteiger partial charge in [0.05, 0.1) is 12.6 Å². The van der Waals surface area contributed by atoms with Gasteiger partial charge in [0.15, 0.2) is 5.92 Å². The first-order chi connectivity index (χ1) is 7.14. The molecule has 16 heavy (non-hydrogen) atoms. The minimum Gasteiger partial charge on any atom is -0.380 e. The summed E-state index contributed by atoms with van der Waals surface area (Å²) >= 11 is 0. The molecule has 0 aliphatic carbocycles. The Kier molecular flexibility index (Phi) is 5.50. The Bertz CT molecular complexity index is 190. The number of nitrogens with one attached hydrogen (secondary N) is 1. The molecule has 0 rings (SSSR count). The van der Waals surface area contributed by atoms with Gasteiger partial charge in [-0.2, -0.15) is 26.3 Å². The molecule has 98 valence electrons. The van der Waals surface area contributed by atoms with Gasteiger partial charge in [0.25, 0.3) is 0 Å². The van der Waals surface area contributed by atoms with Crippen molar-refractivity contribution >= 4 is 0 Å². The first kappa shape index (κ1) is 15.5. The summed E-state index contributed by atoms with van der Waals surface area (Å²) in [6.07, 6.45) is -10.8. The third-order valence-corrected chi connectivity index (χ3v) is 1.82. The predicted molar refractivity (Wildman–Crippen MR) is 43.2 cm³/mol. The lowest BCUT2D eigenvalue weighted by atomic mass is 9.99. The molecule has 0 aliphatic heterocycles. The van der Waals surface area contributed by atoms with Gasteiger partial charge in [-0.1, -0.05) is 0 Å². The van der Waals surface area contributed by atoms with Crippen molar-refractivity contribution < 1.29 is 31.1 Å². The Hall–Kier alpha value is -0.540. The van der Waals surface area contributed by atoms with Crippen LogP contribution >= 0.6 is 0 Å². The summed E-state index contributed by atoms with van der Waals surface area (Å²) in [4.78, 5) is 0. The molecule has 1 atom stereocenters. The van der Waals surface area contributed by atoms with E-state index in [1.807, 2.05) is 0 Å². The topological polar surface area (TPSA) is 47.3 Å². The minimum absolute atomic E-state index is 0.000609. The van der Waals surface area contributed by atoms with Crippen molar-refractivity contribution in [3.63, 3.8) is 0 Å². The first-order valence-electron chi connectivity index (χ1n) is 4.31. The number of ether oxygens (including phenoxy) is 1. The van der Waals surface area contributed by atoms with Crippen molar-refractivity contribution in [2.24, 2.45) is 11.8 Å². The largest absolute Gasteiger partial charge is 0.402 e. The smallest absolute Gasteiger partial charge is 0.380 e. The Balaban J connectivity index is 4.86. The molecule has 0 aromatic heterocycles. The number of hydrazine groups is 1. The van der Waals surface area contributed by atoms with E-state index in [9.17, 15) is 26.3 Å². The molecule has 0 amide bonds. The highest BCUT2D eigenvalue weighted by atomic mass is 19.4. The Morgan fingerprint density at radius 1 is 1.12 bits per heavy atom. The van der Waals surface area contributed by atoms with Crippen LogP contribution < -0.4 is 11.3 Å². The lowest BCUT2D eigenvalue weighted by Gasteiger charge is -2.29. The van der Waals surface area contributed by atoms with E-state index in [1.54, 1.807) is 0 Å². The second-order valence-electron chi connectivity index (χ2n) is 2.99. The van der Waals surface area contributed by atoms with Crippen molar-refractivity contribution in [3.8, 4) is 0 Å². The standard InChI is InChI=1S/C7H12F6N2O/c1-2-16-3-4(15-14)5(6(8,9)10)7(11,12)13/h4-5,15H,2-3,14H2,1H3. The quantitative estimate of drug-likeness (QED) is 0.445. The van der Waals surface area contributed by atoms with Gasteiger partial charge in [0, 0.05) is 6.61 Å². The lowest BCUT2D eigenvalue weighted by molar-refractivity contribution is -0.294. The number of rotatable bonds is 5. The maximum absolute atomic E-state index is 12.2. The summed E-state index contributed by atoms with van der Waals surface area (Å²) in [5.41, 5.74) is 1.49. The normalized spacial score (nSPS) is 15.6. The number of alkyl halides is 6. The van der Waals surface area contributed by atoms with E-state index in [4.69, 9.17) is 0 Å². The van der Waals surface area contributed by atoms with Gasteiger partial charge in [0.2, 0.25) is 0 Å². The minimum atomic E-state index is -5.42. The monoisotopic (exact) mass is 254 g/mol. The van der Waals surface area contributed by atoms with Gasteiger partial charge in [0.1, 0.15) is 0 Å². The third-order valence-electron chi connectivity index (χ3n) is 1.82. The van der Waals surface area contributed by atoms with Crippen molar-refractivity contribution in [2.45, 2.75) is 25.3 Å². The second-order valence-corrected chi connectivity index (χ2v) is 2.99. The fraction of sp³-hybridized carbons (Fsp3) is 1.00. The summed E-state index contributed by atoms with van der Waals surface area (Å²) in [6, 6.07) is -2.06. The van der Waals surface area contributed by atoms with Crippen LogP contribution in [0.1, 0.15) is 6.92 Å². The molecular weight excluding hydrogens is 242 g/mol. The molecule has 0 radical (unpaired) electrons. The number of hydrogen-bond acceptors (Lipinski definition) is 3. The highest BCUT2D eigenvalue weighted by Crippen LogP contribution is 2.41. The number of nitrogens with two attached hydrogens (primary N) is 1. The Morgan fingerprint density at radius 2 is 1.56 bits per heavy atom. The van der Waals surface area contributed by atoms with Gasteiger partial charge in [-0.25, -0.2) is 0 Å². The SMILES string of the molecule is CCOCC(NN)C(C(F)(F)F)C(F)(F)F. The van der Waals surface area contributed by atoms with E-state index in [-0.39, 0.29) is 6.61 Å².